The van der Waals surface area contributed by atoms with E-state index in [1.807, 2.05) is 22.7 Å². The lowest BCUT2D eigenvalue weighted by Crippen LogP contribution is -2.10. The minimum absolute atomic E-state index is 0.983. The first-order valence-corrected chi connectivity index (χ1v) is 6.89. The molecular formula is C12H15NS2. The molecule has 3 heteroatoms. The van der Waals surface area contributed by atoms with E-state index in [2.05, 4.69) is 41.9 Å². The predicted octanol–water partition coefficient (Wildman–Crippen LogP) is 3.66. The summed E-state index contributed by atoms with van der Waals surface area (Å²) in [5.74, 6) is 0. The first kappa shape index (κ1) is 10.9. The van der Waals surface area contributed by atoms with Gasteiger partial charge in [-0.2, -0.15) is 0 Å². The number of aryl methyl sites for hydroxylation is 1. The molecule has 80 valence electrons. The molecule has 2 rings (SSSR count). The first-order chi connectivity index (χ1) is 7.38. The predicted molar refractivity (Wildman–Crippen MR) is 68.6 cm³/mol. The summed E-state index contributed by atoms with van der Waals surface area (Å²) >= 11 is 3.72. The standard InChI is InChI=1S/C12H15NS2/c1-2-10-5-6-12(15-10)9-13-8-11-4-3-7-14-11/h3-7,13H,2,8-9H2,1H3. The van der Waals surface area contributed by atoms with Crippen molar-refractivity contribution in [3.05, 3.63) is 44.3 Å². The molecule has 0 fully saturated rings. The van der Waals surface area contributed by atoms with Crippen LogP contribution in [0.2, 0.25) is 0 Å². The molecule has 0 aliphatic carbocycles. The molecule has 0 spiro atoms. The third-order valence-electron chi connectivity index (χ3n) is 2.24. The molecule has 0 radical (unpaired) electrons. The van der Waals surface area contributed by atoms with Crippen LogP contribution in [0.15, 0.2) is 29.6 Å². The molecule has 2 aromatic heterocycles. The molecule has 1 nitrogen and oxygen atoms in total. The van der Waals surface area contributed by atoms with Gasteiger partial charge in [0.05, 0.1) is 0 Å². The van der Waals surface area contributed by atoms with Gasteiger partial charge in [-0.1, -0.05) is 13.0 Å². The van der Waals surface area contributed by atoms with Gasteiger partial charge in [-0.25, -0.2) is 0 Å². The number of hydrogen-bond acceptors (Lipinski definition) is 3. The van der Waals surface area contributed by atoms with Crippen LogP contribution in [-0.4, -0.2) is 0 Å². The van der Waals surface area contributed by atoms with Gasteiger partial charge in [0.15, 0.2) is 0 Å². The number of hydrogen-bond donors (Lipinski definition) is 1. The highest BCUT2D eigenvalue weighted by molar-refractivity contribution is 7.12. The van der Waals surface area contributed by atoms with Crippen molar-refractivity contribution in [1.82, 2.24) is 5.32 Å². The zero-order chi connectivity index (χ0) is 10.5. The lowest BCUT2D eigenvalue weighted by molar-refractivity contribution is 0.709. The van der Waals surface area contributed by atoms with Gasteiger partial charge >= 0.3 is 0 Å². The van der Waals surface area contributed by atoms with E-state index >= 15 is 0 Å². The van der Waals surface area contributed by atoms with Gasteiger partial charge in [0.25, 0.3) is 0 Å². The Morgan fingerprint density at radius 3 is 2.53 bits per heavy atom. The quantitative estimate of drug-likeness (QED) is 0.837. The van der Waals surface area contributed by atoms with Crippen molar-refractivity contribution >= 4 is 22.7 Å². The minimum atomic E-state index is 0.983. The van der Waals surface area contributed by atoms with Gasteiger partial charge in [0.2, 0.25) is 0 Å². The van der Waals surface area contributed by atoms with Gasteiger partial charge in [0, 0.05) is 27.7 Å². The van der Waals surface area contributed by atoms with Crippen LogP contribution in [0.5, 0.6) is 0 Å². The summed E-state index contributed by atoms with van der Waals surface area (Å²) in [4.78, 5) is 4.31. The molecule has 0 atom stereocenters. The molecule has 0 aromatic carbocycles. The maximum Gasteiger partial charge on any atom is 0.0303 e. The monoisotopic (exact) mass is 237 g/mol. The van der Waals surface area contributed by atoms with Crippen molar-refractivity contribution in [3.63, 3.8) is 0 Å². The van der Waals surface area contributed by atoms with Crippen molar-refractivity contribution in [2.75, 3.05) is 0 Å². The SMILES string of the molecule is CCc1ccc(CNCc2cccs2)s1. The summed E-state index contributed by atoms with van der Waals surface area (Å²) in [5, 5.41) is 5.58. The summed E-state index contributed by atoms with van der Waals surface area (Å²) < 4.78 is 0. The van der Waals surface area contributed by atoms with Gasteiger partial charge in [-0.3, -0.25) is 0 Å². The van der Waals surface area contributed by atoms with Crippen LogP contribution in [0.1, 0.15) is 21.6 Å². The summed E-state index contributed by atoms with van der Waals surface area (Å²) in [5.41, 5.74) is 0. The van der Waals surface area contributed by atoms with E-state index in [-0.39, 0.29) is 0 Å². The van der Waals surface area contributed by atoms with Crippen molar-refractivity contribution in [3.8, 4) is 0 Å². The Balaban J connectivity index is 1.78. The van der Waals surface area contributed by atoms with E-state index in [1.165, 1.54) is 14.6 Å². The molecule has 0 saturated heterocycles. The molecule has 1 N–H and O–H groups in total. The fourth-order valence-electron chi connectivity index (χ4n) is 1.43. The largest absolute Gasteiger partial charge is 0.307 e. The van der Waals surface area contributed by atoms with Crippen LogP contribution in [0.25, 0.3) is 0 Å². The minimum Gasteiger partial charge on any atom is -0.307 e. The second-order valence-electron chi connectivity index (χ2n) is 3.40. The Morgan fingerprint density at radius 1 is 1.07 bits per heavy atom. The van der Waals surface area contributed by atoms with Crippen LogP contribution < -0.4 is 5.32 Å². The summed E-state index contributed by atoms with van der Waals surface area (Å²) in [6, 6.07) is 8.73. The van der Waals surface area contributed by atoms with Crippen LogP contribution >= 0.6 is 22.7 Å². The average Bonchev–Trinajstić information content (AvgIpc) is 2.88. The molecule has 0 saturated carbocycles. The summed E-state index contributed by atoms with van der Waals surface area (Å²) in [7, 11) is 0. The van der Waals surface area contributed by atoms with Crippen LogP contribution in [-0.2, 0) is 19.5 Å². The maximum absolute atomic E-state index is 3.46. The Hall–Kier alpha value is -0.640. The Morgan fingerprint density at radius 2 is 1.87 bits per heavy atom. The molecule has 0 unspecified atom stereocenters. The lowest BCUT2D eigenvalue weighted by Gasteiger charge is -1.99. The average molecular weight is 237 g/mol. The van der Waals surface area contributed by atoms with Crippen molar-refractivity contribution < 1.29 is 0 Å². The van der Waals surface area contributed by atoms with Crippen LogP contribution in [0.3, 0.4) is 0 Å². The Bertz CT molecular complexity index is 389. The van der Waals surface area contributed by atoms with E-state index in [4.69, 9.17) is 0 Å². The topological polar surface area (TPSA) is 12.0 Å². The van der Waals surface area contributed by atoms with Gasteiger partial charge < -0.3 is 5.32 Å². The molecule has 15 heavy (non-hydrogen) atoms. The third kappa shape index (κ3) is 3.16. The number of thiophene rings is 2. The van der Waals surface area contributed by atoms with Crippen LogP contribution in [0.4, 0.5) is 0 Å². The maximum atomic E-state index is 3.46. The van der Waals surface area contributed by atoms with E-state index in [9.17, 15) is 0 Å². The van der Waals surface area contributed by atoms with Gasteiger partial charge in [0.1, 0.15) is 0 Å². The van der Waals surface area contributed by atoms with E-state index in [1.54, 1.807) is 0 Å². The smallest absolute Gasteiger partial charge is 0.0303 e. The second kappa shape index (κ2) is 5.45. The molecular weight excluding hydrogens is 222 g/mol. The summed E-state index contributed by atoms with van der Waals surface area (Å²) in [6.45, 7) is 4.17. The second-order valence-corrected chi connectivity index (χ2v) is 5.69. The highest BCUT2D eigenvalue weighted by atomic mass is 32.1. The molecule has 2 heterocycles. The first-order valence-electron chi connectivity index (χ1n) is 5.19. The molecule has 0 aliphatic heterocycles. The van der Waals surface area contributed by atoms with Crippen molar-refractivity contribution in [2.45, 2.75) is 26.4 Å². The van der Waals surface area contributed by atoms with Crippen LogP contribution in [0, 0.1) is 0 Å². The highest BCUT2D eigenvalue weighted by Crippen LogP contribution is 2.17. The lowest BCUT2D eigenvalue weighted by atomic mass is 10.3. The molecule has 0 aliphatic rings. The molecule has 0 amide bonds. The zero-order valence-electron chi connectivity index (χ0n) is 8.82. The zero-order valence-corrected chi connectivity index (χ0v) is 10.5. The normalized spacial score (nSPS) is 10.7. The highest BCUT2D eigenvalue weighted by Gasteiger charge is 1.98. The fourth-order valence-corrected chi connectivity index (χ4v) is 3.03. The van der Waals surface area contributed by atoms with Crippen molar-refractivity contribution in [2.24, 2.45) is 0 Å². The Kier molecular flexibility index (Phi) is 3.94. The molecule has 0 bridgehead atoms. The van der Waals surface area contributed by atoms with E-state index in [0.29, 0.717) is 0 Å². The third-order valence-corrected chi connectivity index (χ3v) is 4.35. The summed E-state index contributed by atoms with van der Waals surface area (Å²) in [6.07, 6.45) is 1.15. The Labute approximate surface area is 98.8 Å². The fraction of sp³-hybridized carbons (Fsp3) is 0.333. The van der Waals surface area contributed by atoms with Gasteiger partial charge in [-0.05, 0) is 30.0 Å². The number of rotatable bonds is 5. The molecule has 2 aromatic rings. The van der Waals surface area contributed by atoms with Crippen molar-refractivity contribution in [1.29, 1.82) is 0 Å². The van der Waals surface area contributed by atoms with E-state index < -0.39 is 0 Å². The van der Waals surface area contributed by atoms with Gasteiger partial charge in [-0.15, -0.1) is 22.7 Å². The van der Waals surface area contributed by atoms with E-state index in [0.717, 1.165) is 19.5 Å². The number of nitrogens with one attached hydrogen (secondary N) is 1.